The minimum atomic E-state index is -0.676. The average molecular weight is 823 g/mol. The molecule has 1 saturated carbocycles. The van der Waals surface area contributed by atoms with Gasteiger partial charge in [0.15, 0.2) is 10.2 Å². The molecule has 2 atom stereocenters. The Morgan fingerprint density at radius 1 is 1.00 bits per heavy atom. The number of alkyl halides is 1. The molecule has 1 aliphatic heterocycles. The summed E-state index contributed by atoms with van der Waals surface area (Å²) >= 11 is 2.11. The van der Waals surface area contributed by atoms with Crippen LogP contribution < -0.4 is 4.74 Å². The number of para-hydroxylation sites is 1. The molecule has 2 aromatic heterocycles. The Morgan fingerprint density at radius 2 is 1.81 bits per heavy atom. The van der Waals surface area contributed by atoms with Crippen molar-refractivity contribution in [3.8, 4) is 17.0 Å². The van der Waals surface area contributed by atoms with Gasteiger partial charge in [0.05, 0.1) is 13.0 Å². The number of aryl methyl sites for hydroxylation is 1. The van der Waals surface area contributed by atoms with E-state index in [0.717, 1.165) is 59.0 Å². The highest BCUT2D eigenvalue weighted by Gasteiger charge is 2.43. The Bertz CT molecular complexity index is 1870. The maximum atomic E-state index is 15.0. The molecule has 4 aromatic rings. The minimum absolute atomic E-state index is 0.0640. The summed E-state index contributed by atoms with van der Waals surface area (Å²) in [6.45, 7) is 6.25. The Morgan fingerprint density at radius 3 is 2.52 bits per heavy atom. The Labute approximate surface area is 318 Å². The van der Waals surface area contributed by atoms with Crippen LogP contribution in [0.15, 0.2) is 73.1 Å². The van der Waals surface area contributed by atoms with Gasteiger partial charge in [0, 0.05) is 80.9 Å². The fourth-order valence-corrected chi connectivity index (χ4v) is 7.19. The molecule has 0 bridgehead atoms. The summed E-state index contributed by atoms with van der Waals surface area (Å²) in [5, 5.41) is 1.15. The number of likely N-dealkylation sites (tertiary alicyclic amines) is 1. The molecule has 3 heterocycles. The Kier molecular flexibility index (Phi) is 12.0. The second-order valence-corrected chi connectivity index (χ2v) is 16.6. The molecule has 52 heavy (non-hydrogen) atoms. The summed E-state index contributed by atoms with van der Waals surface area (Å²) in [4.78, 5) is 48.0. The lowest BCUT2D eigenvalue weighted by atomic mass is 9.79. The van der Waals surface area contributed by atoms with Gasteiger partial charge in [-0.3, -0.25) is 4.79 Å². The maximum absolute atomic E-state index is 15.0. The number of carbonyl (C=O) groups excluding carboxylic acids is 3. The van der Waals surface area contributed by atoms with Crippen molar-refractivity contribution in [1.82, 2.24) is 19.4 Å². The third-order valence-electron chi connectivity index (χ3n) is 9.70. The summed E-state index contributed by atoms with van der Waals surface area (Å²) < 4.78 is 22.8. The van der Waals surface area contributed by atoms with Crippen LogP contribution in [-0.2, 0) is 36.9 Å². The van der Waals surface area contributed by atoms with Gasteiger partial charge < -0.3 is 33.3 Å². The van der Waals surface area contributed by atoms with Gasteiger partial charge in [-0.1, -0.05) is 42.5 Å². The number of carbonyl (C=O) groups is 3. The number of hydrogen-bond acceptors (Lipinski definition) is 8. The van der Waals surface area contributed by atoms with Crippen LogP contribution in [0.25, 0.3) is 22.0 Å². The molecule has 6 rings (SSSR count). The molecule has 1 aliphatic carbocycles. The van der Waals surface area contributed by atoms with E-state index in [2.05, 4.69) is 84.4 Å². The fourth-order valence-electron chi connectivity index (χ4n) is 7.00. The molecule has 12 heteroatoms. The second kappa shape index (κ2) is 16.7. The first-order valence-corrected chi connectivity index (χ1v) is 18.9. The lowest BCUT2D eigenvalue weighted by molar-refractivity contribution is -0.143. The number of pyridine rings is 1. The highest BCUT2D eigenvalue weighted by Crippen LogP contribution is 2.40. The number of aromatic nitrogens is 2. The van der Waals surface area contributed by atoms with Gasteiger partial charge in [0.25, 0.3) is 0 Å². The number of nitrogens with zero attached hydrogens (tertiary/aromatic N) is 4. The van der Waals surface area contributed by atoms with Gasteiger partial charge in [-0.15, -0.1) is 0 Å². The zero-order valence-corrected chi connectivity index (χ0v) is 32.4. The van der Waals surface area contributed by atoms with Gasteiger partial charge in [-0.2, -0.15) is 0 Å². The van der Waals surface area contributed by atoms with Crippen LogP contribution in [0, 0.1) is 5.92 Å². The first-order chi connectivity index (χ1) is 25.0. The van der Waals surface area contributed by atoms with Crippen LogP contribution >= 0.6 is 22.6 Å². The molecule has 2 fully saturated rings. The SMILES string of the molecule is COCCCn1cc(CN(C(=O)[C@H]2CN(C(=O)OC(C)(C)I)CC[C@@H]2c2cccc(-c3ccc(OCC(=O)OC)nc3)c2)C2CC2)c2ccccc21. The maximum Gasteiger partial charge on any atom is 0.411 e. The predicted octanol–water partition coefficient (Wildman–Crippen LogP) is 7.20. The van der Waals surface area contributed by atoms with Crippen molar-refractivity contribution < 1.29 is 33.3 Å². The van der Waals surface area contributed by atoms with Crippen LogP contribution in [0.1, 0.15) is 56.6 Å². The van der Waals surface area contributed by atoms with E-state index in [1.54, 1.807) is 24.3 Å². The van der Waals surface area contributed by atoms with Gasteiger partial charge in [-0.25, -0.2) is 14.6 Å². The molecule has 0 N–H and O–H groups in total. The molecule has 11 nitrogen and oxygen atoms in total. The topological polar surface area (TPSA) is 112 Å². The van der Waals surface area contributed by atoms with E-state index in [1.807, 2.05) is 32.0 Å². The first-order valence-electron chi connectivity index (χ1n) is 17.8. The number of methoxy groups -OCH3 is 2. The van der Waals surface area contributed by atoms with E-state index in [-0.39, 0.29) is 31.0 Å². The van der Waals surface area contributed by atoms with E-state index in [1.165, 1.54) is 7.11 Å². The summed E-state index contributed by atoms with van der Waals surface area (Å²) in [7, 11) is 3.03. The third-order valence-corrected chi connectivity index (χ3v) is 9.92. The van der Waals surface area contributed by atoms with Crippen molar-refractivity contribution in [3.05, 3.63) is 84.2 Å². The molecule has 2 aliphatic rings. The number of hydrogen-bond donors (Lipinski definition) is 0. The summed E-state index contributed by atoms with van der Waals surface area (Å²) in [6, 6.07) is 20.4. The van der Waals surface area contributed by atoms with Gasteiger partial charge in [0.1, 0.15) is 0 Å². The largest absolute Gasteiger partial charge is 0.466 e. The standard InChI is InChI=1S/C40H47IN4O7/c1-40(2,41)52-39(48)44-19-17-32(28-10-7-9-27(21-28)29-13-16-36(42-22-29)51-26-37(46)50-4)34(25-44)38(47)45(31-14-15-31)24-30-23-43(18-8-20-49-3)35-12-6-5-11-33(30)35/h5-7,9-13,16,21-23,31-32,34H,8,14-15,17-20,24-26H2,1-4H3/t32-,34+/m1/s1. The second-order valence-electron chi connectivity index (χ2n) is 14.0. The molecule has 0 radical (unpaired) electrons. The molecule has 0 spiro atoms. The van der Waals surface area contributed by atoms with Crippen molar-refractivity contribution >= 4 is 51.5 Å². The number of fused-ring (bicyclic) bond motifs is 1. The zero-order chi connectivity index (χ0) is 36.8. The average Bonchev–Trinajstić information content (AvgIpc) is 3.94. The first kappa shape index (κ1) is 37.6. The van der Waals surface area contributed by atoms with Gasteiger partial charge >= 0.3 is 12.1 Å². The van der Waals surface area contributed by atoms with E-state index in [4.69, 9.17) is 14.2 Å². The summed E-state index contributed by atoms with van der Waals surface area (Å²) in [6.07, 6.45) is 6.94. The molecule has 0 unspecified atom stereocenters. The number of piperidine rings is 1. The highest BCUT2D eigenvalue weighted by molar-refractivity contribution is 14.1. The van der Waals surface area contributed by atoms with Crippen molar-refractivity contribution in [2.24, 2.45) is 5.92 Å². The highest BCUT2D eigenvalue weighted by atomic mass is 127. The van der Waals surface area contributed by atoms with Gasteiger partial charge in [-0.05, 0) is 96.9 Å². The monoisotopic (exact) mass is 822 g/mol. The number of esters is 1. The van der Waals surface area contributed by atoms with E-state index < -0.39 is 21.6 Å². The quantitative estimate of drug-likeness (QED) is 0.0569. The van der Waals surface area contributed by atoms with Crippen molar-refractivity contribution in [2.75, 3.05) is 40.5 Å². The molecular weight excluding hydrogens is 775 g/mol. The van der Waals surface area contributed by atoms with Crippen molar-refractivity contribution in [1.29, 1.82) is 0 Å². The summed E-state index contributed by atoms with van der Waals surface area (Å²) in [5.74, 6) is -0.671. The molecule has 2 aromatic carbocycles. The van der Waals surface area contributed by atoms with Crippen LogP contribution in [-0.4, -0.2) is 87.5 Å². The minimum Gasteiger partial charge on any atom is -0.466 e. The van der Waals surface area contributed by atoms with Crippen molar-refractivity contribution in [2.45, 2.75) is 68.2 Å². The number of halogens is 1. The normalized spacial score (nSPS) is 17.5. The fraction of sp³-hybridized carbons (Fsp3) is 0.450. The number of ether oxygens (including phenoxy) is 4. The molecule has 1 saturated heterocycles. The molecular formula is C40H47IN4O7. The third kappa shape index (κ3) is 9.24. The zero-order valence-electron chi connectivity index (χ0n) is 30.3. The van der Waals surface area contributed by atoms with Crippen LogP contribution in [0.3, 0.4) is 0 Å². The van der Waals surface area contributed by atoms with Crippen LogP contribution in [0.2, 0.25) is 0 Å². The van der Waals surface area contributed by atoms with Crippen LogP contribution in [0.5, 0.6) is 5.88 Å². The molecule has 276 valence electrons. The van der Waals surface area contributed by atoms with E-state index in [0.29, 0.717) is 32.0 Å². The smallest absolute Gasteiger partial charge is 0.411 e. The Hall–Kier alpha value is -4.17. The lowest BCUT2D eigenvalue weighted by Gasteiger charge is -2.40. The lowest BCUT2D eigenvalue weighted by Crippen LogP contribution is -2.50. The Balaban J connectivity index is 1.29. The number of rotatable bonds is 14. The van der Waals surface area contributed by atoms with E-state index in [9.17, 15) is 14.4 Å². The predicted molar refractivity (Wildman–Crippen MR) is 206 cm³/mol. The molecule has 2 amide bonds. The summed E-state index contributed by atoms with van der Waals surface area (Å²) in [5.41, 5.74) is 5.13. The van der Waals surface area contributed by atoms with Crippen LogP contribution in [0.4, 0.5) is 4.79 Å². The number of amides is 2. The number of benzene rings is 2. The van der Waals surface area contributed by atoms with Gasteiger partial charge in [0.2, 0.25) is 11.8 Å². The van der Waals surface area contributed by atoms with Crippen molar-refractivity contribution in [3.63, 3.8) is 0 Å². The van der Waals surface area contributed by atoms with E-state index >= 15 is 0 Å².